The van der Waals surface area contributed by atoms with Gasteiger partial charge in [0.1, 0.15) is 5.65 Å². The summed E-state index contributed by atoms with van der Waals surface area (Å²) in [6.07, 6.45) is 0.691. The molecule has 0 bridgehead atoms. The molecule has 5 heteroatoms. The highest BCUT2D eigenvalue weighted by Crippen LogP contribution is 2.15. The first-order chi connectivity index (χ1) is 8.19. The summed E-state index contributed by atoms with van der Waals surface area (Å²) in [5.41, 5.74) is 1.81. The summed E-state index contributed by atoms with van der Waals surface area (Å²) in [5.74, 6) is -0.466. The number of hydrogen-bond acceptors (Lipinski definition) is 4. The maximum Gasteiger partial charge on any atom is 0.357 e. The van der Waals surface area contributed by atoms with Crippen LogP contribution in [0, 0.1) is 6.92 Å². The van der Waals surface area contributed by atoms with Crippen LogP contribution in [0.5, 0.6) is 0 Å². The molecular weight excluding hydrogens is 220 g/mol. The smallest absolute Gasteiger partial charge is 0.357 e. The van der Waals surface area contributed by atoms with Crippen molar-refractivity contribution in [3.05, 3.63) is 35.3 Å². The molecule has 88 valence electrons. The molecule has 0 N–H and O–H groups in total. The number of hydrogen-bond donors (Lipinski definition) is 0. The SMILES string of the molecule is CCOC(=O)c1c(C)nc2cccc(C=O)n12. The number of pyridine rings is 1. The summed E-state index contributed by atoms with van der Waals surface area (Å²) >= 11 is 0. The average Bonchev–Trinajstić information content (AvgIpc) is 2.65. The third kappa shape index (κ3) is 1.80. The maximum atomic E-state index is 11.8. The summed E-state index contributed by atoms with van der Waals surface area (Å²) in [5, 5.41) is 0. The molecule has 0 atom stereocenters. The second-order valence-corrected chi connectivity index (χ2v) is 3.53. The quantitative estimate of drug-likeness (QED) is 0.596. The van der Waals surface area contributed by atoms with Crippen LogP contribution in [-0.2, 0) is 4.74 Å². The van der Waals surface area contributed by atoms with Gasteiger partial charge in [-0.3, -0.25) is 9.20 Å². The van der Waals surface area contributed by atoms with Crippen molar-refractivity contribution in [2.45, 2.75) is 13.8 Å². The van der Waals surface area contributed by atoms with E-state index in [1.165, 1.54) is 4.40 Å². The predicted octanol–water partition coefficient (Wildman–Crippen LogP) is 1.63. The van der Waals surface area contributed by atoms with Gasteiger partial charge in [-0.05, 0) is 26.0 Å². The number of fused-ring (bicyclic) bond motifs is 1. The van der Waals surface area contributed by atoms with Gasteiger partial charge in [-0.15, -0.1) is 0 Å². The zero-order chi connectivity index (χ0) is 12.4. The molecule has 2 rings (SSSR count). The molecule has 0 fully saturated rings. The fourth-order valence-electron chi connectivity index (χ4n) is 1.76. The molecule has 17 heavy (non-hydrogen) atoms. The van der Waals surface area contributed by atoms with E-state index in [1.54, 1.807) is 32.0 Å². The van der Waals surface area contributed by atoms with E-state index in [-0.39, 0.29) is 6.61 Å². The number of ether oxygens (including phenoxy) is 1. The van der Waals surface area contributed by atoms with E-state index in [1.807, 2.05) is 0 Å². The van der Waals surface area contributed by atoms with Crippen LogP contribution in [0.3, 0.4) is 0 Å². The van der Waals surface area contributed by atoms with Crippen molar-refractivity contribution in [2.24, 2.45) is 0 Å². The summed E-state index contributed by atoms with van der Waals surface area (Å²) in [7, 11) is 0. The number of carbonyl (C=O) groups excluding carboxylic acids is 2. The Bertz CT molecular complexity index is 587. The van der Waals surface area contributed by atoms with E-state index in [4.69, 9.17) is 4.74 Å². The number of carbonyl (C=O) groups is 2. The summed E-state index contributed by atoms with van der Waals surface area (Å²) in [6.45, 7) is 3.74. The number of rotatable bonds is 3. The number of imidazole rings is 1. The highest BCUT2D eigenvalue weighted by Gasteiger charge is 2.19. The molecule has 5 nitrogen and oxygen atoms in total. The van der Waals surface area contributed by atoms with Gasteiger partial charge in [-0.25, -0.2) is 9.78 Å². The van der Waals surface area contributed by atoms with E-state index >= 15 is 0 Å². The monoisotopic (exact) mass is 232 g/mol. The van der Waals surface area contributed by atoms with E-state index in [2.05, 4.69) is 4.98 Å². The molecule has 2 heterocycles. The van der Waals surface area contributed by atoms with Crippen LogP contribution >= 0.6 is 0 Å². The molecule has 0 saturated carbocycles. The topological polar surface area (TPSA) is 60.7 Å². The van der Waals surface area contributed by atoms with Gasteiger partial charge in [-0.1, -0.05) is 6.07 Å². The number of aromatic nitrogens is 2. The van der Waals surface area contributed by atoms with Crippen molar-refractivity contribution < 1.29 is 14.3 Å². The van der Waals surface area contributed by atoms with Crippen LogP contribution in [0.2, 0.25) is 0 Å². The molecule has 0 spiro atoms. The Labute approximate surface area is 98.0 Å². The molecule has 0 aliphatic heterocycles. The molecule has 0 saturated heterocycles. The number of aryl methyl sites for hydroxylation is 1. The average molecular weight is 232 g/mol. The van der Waals surface area contributed by atoms with Gasteiger partial charge in [0.2, 0.25) is 0 Å². The maximum absolute atomic E-state index is 11.8. The van der Waals surface area contributed by atoms with Gasteiger partial charge < -0.3 is 4.74 Å². The minimum Gasteiger partial charge on any atom is -0.461 e. The number of nitrogens with zero attached hydrogens (tertiary/aromatic N) is 2. The lowest BCUT2D eigenvalue weighted by Crippen LogP contribution is -2.11. The Balaban J connectivity index is 2.72. The first-order valence-corrected chi connectivity index (χ1v) is 5.29. The minimum atomic E-state index is -0.466. The number of esters is 1. The first kappa shape index (κ1) is 11.3. The Hall–Kier alpha value is -2.17. The molecule has 0 radical (unpaired) electrons. The van der Waals surface area contributed by atoms with E-state index < -0.39 is 5.97 Å². The van der Waals surface area contributed by atoms with Crippen molar-refractivity contribution in [3.8, 4) is 0 Å². The molecule has 2 aromatic heterocycles. The molecule has 2 aromatic rings. The lowest BCUT2D eigenvalue weighted by Gasteiger charge is -2.04. The van der Waals surface area contributed by atoms with Gasteiger partial charge in [0.25, 0.3) is 0 Å². The second-order valence-electron chi connectivity index (χ2n) is 3.53. The van der Waals surface area contributed by atoms with Gasteiger partial charge in [0, 0.05) is 0 Å². The second kappa shape index (κ2) is 4.37. The fourth-order valence-corrected chi connectivity index (χ4v) is 1.76. The molecule has 0 aromatic carbocycles. The molecule has 0 aliphatic carbocycles. The largest absolute Gasteiger partial charge is 0.461 e. The van der Waals surface area contributed by atoms with E-state index in [0.29, 0.717) is 29.0 Å². The van der Waals surface area contributed by atoms with Gasteiger partial charge in [0.15, 0.2) is 12.0 Å². The van der Waals surface area contributed by atoms with Crippen LogP contribution in [0.25, 0.3) is 5.65 Å². The van der Waals surface area contributed by atoms with Crippen LogP contribution in [0.4, 0.5) is 0 Å². The molecule has 0 amide bonds. The van der Waals surface area contributed by atoms with E-state index in [0.717, 1.165) is 0 Å². The van der Waals surface area contributed by atoms with Crippen LogP contribution in [0.15, 0.2) is 18.2 Å². The lowest BCUT2D eigenvalue weighted by atomic mass is 10.3. The minimum absolute atomic E-state index is 0.286. The van der Waals surface area contributed by atoms with Crippen LogP contribution < -0.4 is 0 Å². The van der Waals surface area contributed by atoms with E-state index in [9.17, 15) is 9.59 Å². The Morgan fingerprint density at radius 2 is 2.29 bits per heavy atom. The van der Waals surface area contributed by atoms with Crippen LogP contribution in [-0.4, -0.2) is 28.2 Å². The van der Waals surface area contributed by atoms with Gasteiger partial charge in [-0.2, -0.15) is 0 Å². The predicted molar refractivity (Wildman–Crippen MR) is 61.3 cm³/mol. The highest BCUT2D eigenvalue weighted by atomic mass is 16.5. The highest BCUT2D eigenvalue weighted by molar-refractivity contribution is 5.91. The third-order valence-corrected chi connectivity index (χ3v) is 2.44. The Morgan fingerprint density at radius 1 is 1.53 bits per heavy atom. The molecular formula is C12H12N2O3. The summed E-state index contributed by atoms with van der Waals surface area (Å²) in [6, 6.07) is 5.09. The Kier molecular flexibility index (Phi) is 2.91. The van der Waals surface area contributed by atoms with Crippen LogP contribution in [0.1, 0.15) is 33.6 Å². The normalized spacial score (nSPS) is 10.5. The van der Waals surface area contributed by atoms with Gasteiger partial charge >= 0.3 is 5.97 Å². The summed E-state index contributed by atoms with van der Waals surface area (Å²) in [4.78, 5) is 27.0. The fraction of sp³-hybridized carbons (Fsp3) is 0.250. The van der Waals surface area contributed by atoms with Crippen molar-refractivity contribution in [1.29, 1.82) is 0 Å². The van der Waals surface area contributed by atoms with Gasteiger partial charge in [0.05, 0.1) is 18.0 Å². The standard InChI is InChI=1S/C12H12N2O3/c1-3-17-12(16)11-8(2)13-10-6-4-5-9(7-15)14(10)11/h4-7H,3H2,1-2H3. The van der Waals surface area contributed by atoms with Crippen molar-refractivity contribution >= 4 is 17.9 Å². The van der Waals surface area contributed by atoms with Crippen molar-refractivity contribution in [2.75, 3.05) is 6.61 Å². The zero-order valence-corrected chi connectivity index (χ0v) is 9.64. The Morgan fingerprint density at radius 3 is 2.94 bits per heavy atom. The third-order valence-electron chi connectivity index (χ3n) is 2.44. The lowest BCUT2D eigenvalue weighted by molar-refractivity contribution is 0.0517. The van der Waals surface area contributed by atoms with Crippen molar-refractivity contribution in [1.82, 2.24) is 9.38 Å². The zero-order valence-electron chi connectivity index (χ0n) is 9.64. The summed E-state index contributed by atoms with van der Waals surface area (Å²) < 4.78 is 6.47. The first-order valence-electron chi connectivity index (χ1n) is 5.29. The number of aldehydes is 1. The van der Waals surface area contributed by atoms with Crippen molar-refractivity contribution in [3.63, 3.8) is 0 Å². The molecule has 0 aliphatic rings. The molecule has 0 unspecified atom stereocenters.